The predicted molar refractivity (Wildman–Crippen MR) is 74.7 cm³/mol. The summed E-state index contributed by atoms with van der Waals surface area (Å²) in [4.78, 5) is 12.1. The Kier molecular flexibility index (Phi) is 4.15. The fourth-order valence-corrected chi connectivity index (χ4v) is 2.53. The molecule has 0 saturated carbocycles. The Morgan fingerprint density at radius 3 is 2.83 bits per heavy atom. The summed E-state index contributed by atoms with van der Waals surface area (Å²) in [5.41, 5.74) is 3.01. The molecule has 2 nitrogen and oxygen atoms in total. The lowest BCUT2D eigenvalue weighted by Crippen LogP contribution is -2.01. The number of ketones is 1. The van der Waals surface area contributed by atoms with Crippen LogP contribution < -0.4 is 4.74 Å². The number of benzene rings is 1. The van der Waals surface area contributed by atoms with Crippen LogP contribution in [0.5, 0.6) is 5.75 Å². The van der Waals surface area contributed by atoms with Gasteiger partial charge in [0.15, 0.2) is 5.78 Å². The van der Waals surface area contributed by atoms with Crippen LogP contribution >= 0.6 is 11.3 Å². The molecular formula is C15H16O2S. The molecule has 0 aliphatic rings. The second-order valence-corrected chi connectivity index (χ2v) is 5.02. The van der Waals surface area contributed by atoms with Crippen molar-refractivity contribution in [1.29, 1.82) is 0 Å². The number of hydrogen-bond donors (Lipinski definition) is 0. The van der Waals surface area contributed by atoms with E-state index in [0.717, 1.165) is 23.3 Å². The molecule has 2 aromatic rings. The van der Waals surface area contributed by atoms with E-state index in [2.05, 4.69) is 11.4 Å². The fraction of sp³-hybridized carbons (Fsp3) is 0.267. The fourth-order valence-electron chi connectivity index (χ4n) is 1.83. The Morgan fingerprint density at radius 1 is 1.33 bits per heavy atom. The second kappa shape index (κ2) is 5.83. The van der Waals surface area contributed by atoms with Gasteiger partial charge in [0.2, 0.25) is 0 Å². The highest BCUT2D eigenvalue weighted by Gasteiger charge is 2.09. The van der Waals surface area contributed by atoms with Gasteiger partial charge in [-0.25, -0.2) is 0 Å². The van der Waals surface area contributed by atoms with E-state index in [1.54, 1.807) is 18.4 Å². The standard InChI is InChI=1S/C15H16O2S/c1-11-3-5-13(9-15(11)17-2)14(16)6-4-12-7-8-18-10-12/h3,5,7-10H,4,6H2,1-2H3. The topological polar surface area (TPSA) is 26.3 Å². The number of methoxy groups -OCH3 is 1. The molecule has 18 heavy (non-hydrogen) atoms. The van der Waals surface area contributed by atoms with Crippen molar-refractivity contribution >= 4 is 17.1 Å². The van der Waals surface area contributed by atoms with Gasteiger partial charge < -0.3 is 4.74 Å². The van der Waals surface area contributed by atoms with Gasteiger partial charge >= 0.3 is 0 Å². The smallest absolute Gasteiger partial charge is 0.163 e. The summed E-state index contributed by atoms with van der Waals surface area (Å²) in [7, 11) is 1.63. The van der Waals surface area contributed by atoms with E-state index < -0.39 is 0 Å². The average molecular weight is 260 g/mol. The van der Waals surface area contributed by atoms with E-state index in [9.17, 15) is 4.79 Å². The van der Waals surface area contributed by atoms with Crippen LogP contribution in [-0.4, -0.2) is 12.9 Å². The highest BCUT2D eigenvalue weighted by Crippen LogP contribution is 2.20. The molecule has 0 aliphatic heterocycles. The van der Waals surface area contributed by atoms with Crippen LogP contribution in [0.3, 0.4) is 0 Å². The molecular weight excluding hydrogens is 244 g/mol. The SMILES string of the molecule is COc1cc(C(=O)CCc2ccsc2)ccc1C. The Balaban J connectivity index is 2.04. The van der Waals surface area contributed by atoms with E-state index in [1.807, 2.05) is 30.5 Å². The van der Waals surface area contributed by atoms with Crippen LogP contribution in [0.4, 0.5) is 0 Å². The Morgan fingerprint density at radius 2 is 2.17 bits per heavy atom. The van der Waals surface area contributed by atoms with Crippen molar-refractivity contribution in [3.8, 4) is 5.75 Å². The van der Waals surface area contributed by atoms with E-state index >= 15 is 0 Å². The highest BCUT2D eigenvalue weighted by atomic mass is 32.1. The number of Topliss-reactive ketones (excluding diaryl/α,β-unsaturated/α-hetero) is 1. The third-order valence-corrected chi connectivity index (χ3v) is 3.68. The summed E-state index contributed by atoms with van der Waals surface area (Å²) in [5, 5.41) is 4.12. The molecule has 0 fully saturated rings. The van der Waals surface area contributed by atoms with E-state index in [-0.39, 0.29) is 5.78 Å². The molecule has 0 N–H and O–H groups in total. The lowest BCUT2D eigenvalue weighted by Gasteiger charge is -2.06. The lowest BCUT2D eigenvalue weighted by molar-refractivity contribution is 0.0982. The van der Waals surface area contributed by atoms with Crippen LogP contribution in [0.2, 0.25) is 0 Å². The lowest BCUT2D eigenvalue weighted by atomic mass is 10.0. The van der Waals surface area contributed by atoms with E-state index in [0.29, 0.717) is 6.42 Å². The normalized spacial score (nSPS) is 10.3. The Bertz CT molecular complexity index is 529. The van der Waals surface area contributed by atoms with Crippen LogP contribution in [0.15, 0.2) is 35.0 Å². The Hall–Kier alpha value is -1.61. The zero-order chi connectivity index (χ0) is 13.0. The molecule has 2 rings (SSSR count). The minimum Gasteiger partial charge on any atom is -0.496 e. The van der Waals surface area contributed by atoms with Crippen molar-refractivity contribution < 1.29 is 9.53 Å². The monoisotopic (exact) mass is 260 g/mol. The number of carbonyl (C=O) groups excluding carboxylic acids is 1. The van der Waals surface area contributed by atoms with Gasteiger partial charge in [0.05, 0.1) is 7.11 Å². The predicted octanol–water partition coefficient (Wildman–Crippen LogP) is 3.88. The van der Waals surface area contributed by atoms with Gasteiger partial charge in [0.25, 0.3) is 0 Å². The van der Waals surface area contributed by atoms with E-state index in [1.165, 1.54) is 5.56 Å². The maximum absolute atomic E-state index is 12.1. The van der Waals surface area contributed by atoms with Crippen molar-refractivity contribution in [2.75, 3.05) is 7.11 Å². The molecule has 0 radical (unpaired) electrons. The molecule has 0 amide bonds. The summed E-state index contributed by atoms with van der Waals surface area (Å²) in [5.74, 6) is 0.941. The molecule has 94 valence electrons. The van der Waals surface area contributed by atoms with Crippen molar-refractivity contribution in [3.63, 3.8) is 0 Å². The molecule has 0 spiro atoms. The first kappa shape index (κ1) is 12.8. The average Bonchev–Trinajstić information content (AvgIpc) is 2.89. The summed E-state index contributed by atoms with van der Waals surface area (Å²) in [6, 6.07) is 7.68. The molecule has 0 saturated heterocycles. The minimum absolute atomic E-state index is 0.166. The molecule has 1 heterocycles. The van der Waals surface area contributed by atoms with Gasteiger partial charge in [-0.2, -0.15) is 11.3 Å². The van der Waals surface area contributed by atoms with Gasteiger partial charge in [-0.3, -0.25) is 4.79 Å². The van der Waals surface area contributed by atoms with Crippen molar-refractivity contribution in [2.45, 2.75) is 19.8 Å². The zero-order valence-corrected chi connectivity index (χ0v) is 11.4. The highest BCUT2D eigenvalue weighted by molar-refractivity contribution is 7.07. The first-order chi connectivity index (χ1) is 8.70. The summed E-state index contributed by atoms with van der Waals surface area (Å²) < 4.78 is 5.24. The molecule has 0 aliphatic carbocycles. The third kappa shape index (κ3) is 2.99. The van der Waals surface area contributed by atoms with Crippen LogP contribution in [0.25, 0.3) is 0 Å². The number of aryl methyl sites for hydroxylation is 2. The third-order valence-electron chi connectivity index (χ3n) is 2.95. The minimum atomic E-state index is 0.166. The van der Waals surface area contributed by atoms with Crippen molar-refractivity contribution in [1.82, 2.24) is 0 Å². The molecule has 0 unspecified atom stereocenters. The van der Waals surface area contributed by atoms with Crippen LogP contribution in [0, 0.1) is 6.92 Å². The van der Waals surface area contributed by atoms with Crippen molar-refractivity contribution in [3.05, 3.63) is 51.7 Å². The van der Waals surface area contributed by atoms with E-state index in [4.69, 9.17) is 4.74 Å². The summed E-state index contributed by atoms with van der Waals surface area (Å²) >= 11 is 1.66. The first-order valence-corrected chi connectivity index (χ1v) is 6.84. The van der Waals surface area contributed by atoms with Gasteiger partial charge in [0.1, 0.15) is 5.75 Å². The van der Waals surface area contributed by atoms with Crippen LogP contribution in [-0.2, 0) is 6.42 Å². The Labute approximate surface area is 111 Å². The first-order valence-electron chi connectivity index (χ1n) is 5.89. The number of carbonyl (C=O) groups is 1. The molecule has 0 bridgehead atoms. The van der Waals surface area contributed by atoms with Gasteiger partial charge in [-0.1, -0.05) is 12.1 Å². The van der Waals surface area contributed by atoms with Crippen molar-refractivity contribution in [2.24, 2.45) is 0 Å². The van der Waals surface area contributed by atoms with Gasteiger partial charge in [0, 0.05) is 12.0 Å². The van der Waals surface area contributed by atoms with Gasteiger partial charge in [-0.15, -0.1) is 0 Å². The number of thiophene rings is 1. The zero-order valence-electron chi connectivity index (χ0n) is 10.6. The second-order valence-electron chi connectivity index (χ2n) is 4.24. The maximum atomic E-state index is 12.1. The molecule has 1 aromatic heterocycles. The summed E-state index contributed by atoms with van der Waals surface area (Å²) in [6.45, 7) is 1.97. The number of rotatable bonds is 5. The number of ether oxygens (including phenoxy) is 1. The molecule has 0 atom stereocenters. The maximum Gasteiger partial charge on any atom is 0.163 e. The molecule has 1 aromatic carbocycles. The summed E-state index contributed by atoms with van der Waals surface area (Å²) in [6.07, 6.45) is 1.35. The van der Waals surface area contributed by atoms with Crippen LogP contribution in [0.1, 0.15) is 27.9 Å². The molecule has 3 heteroatoms. The largest absolute Gasteiger partial charge is 0.496 e. The number of hydrogen-bond acceptors (Lipinski definition) is 3. The van der Waals surface area contributed by atoms with Gasteiger partial charge in [-0.05, 0) is 47.4 Å². The quantitative estimate of drug-likeness (QED) is 0.763.